The molecule has 0 unspecified atom stereocenters. The van der Waals surface area contributed by atoms with Gasteiger partial charge in [-0.05, 0) is 100 Å². The third kappa shape index (κ3) is 14.4. The summed E-state index contributed by atoms with van der Waals surface area (Å²) in [6.45, 7) is 32.1. The number of hydrogen-bond acceptors (Lipinski definition) is 11. The number of halogens is 1. The van der Waals surface area contributed by atoms with E-state index in [0.29, 0.717) is 47.5 Å². The third-order valence-electron chi connectivity index (χ3n) is 14.4. The van der Waals surface area contributed by atoms with Crippen molar-refractivity contribution in [1.29, 1.82) is 0 Å². The lowest BCUT2D eigenvalue weighted by Crippen LogP contribution is -2.56. The summed E-state index contributed by atoms with van der Waals surface area (Å²) in [4.78, 5) is 11.1. The Hall–Kier alpha value is -0.260. The molecule has 21 atom stereocenters. The average molecular weight is 979 g/mol. The first kappa shape index (κ1) is 53.4. The topological polar surface area (TPSA) is 120 Å². The van der Waals surface area contributed by atoms with E-state index in [1.165, 1.54) is 0 Å². The van der Waals surface area contributed by atoms with Crippen molar-refractivity contribution in [2.75, 3.05) is 6.61 Å². The van der Waals surface area contributed by atoms with Gasteiger partial charge in [-0.1, -0.05) is 91.0 Å². The Morgan fingerprint density at radius 1 is 0.508 bits per heavy atom. The molecule has 356 valence electrons. The van der Waals surface area contributed by atoms with Gasteiger partial charge in [-0.2, -0.15) is 0 Å². The summed E-state index contributed by atoms with van der Waals surface area (Å²) in [7, 11) is 0. The van der Waals surface area contributed by atoms with Crippen LogP contribution in [0.4, 0.5) is 0 Å². The molecule has 11 nitrogen and oxygen atoms in total. The zero-order chi connectivity index (χ0) is 45.3. The van der Waals surface area contributed by atoms with Gasteiger partial charge >= 0.3 is 0 Å². The summed E-state index contributed by atoms with van der Waals surface area (Å²) < 4.78 is 56.8. The molecule has 0 aliphatic carbocycles. The van der Waals surface area contributed by atoms with Crippen molar-refractivity contribution in [3.05, 3.63) is 10.2 Å². The molecule has 0 amide bonds. The number of rotatable bonds is 12. The molecule has 0 aromatic rings. The fraction of sp³-hybridized carbons (Fsp3) is 0.939. The second kappa shape index (κ2) is 25.0. The van der Waals surface area contributed by atoms with E-state index in [9.17, 15) is 9.90 Å². The highest BCUT2D eigenvalue weighted by molar-refractivity contribution is 14.1. The van der Waals surface area contributed by atoms with E-state index in [4.69, 9.17) is 42.6 Å². The standard InChI is InChI=1S/C17H29IO3.C16H30O4.C16H28O4/c1-10(2)19-15-7-6-14-17(21-15)13(5)12(4)16(20-14)11(3)8-9-18;2*1-9(2)18-14-7-6-13-16(20-14)12(5)11(4)15(19-13)10(3)8-17/h8-17H,6-7H2,1-5H3;9-17H,6-8H2,1-5H3;8-16H,6-7H2,1-5H3/b9-8+;;/t11-,12-,13+,14-,15-,16-,17+;2*10-,11-,12+,13-,14-,15-,16+/m000/s1. The second-order valence-electron chi connectivity index (χ2n) is 20.3. The lowest BCUT2D eigenvalue weighted by molar-refractivity contribution is -0.289. The maximum Gasteiger partial charge on any atom is 0.158 e. The molecule has 6 aliphatic rings. The monoisotopic (exact) mass is 979 g/mol. The van der Waals surface area contributed by atoms with Crippen LogP contribution in [-0.4, -0.2) is 110 Å². The van der Waals surface area contributed by atoms with Crippen molar-refractivity contribution >= 4 is 28.9 Å². The molecule has 0 bridgehead atoms. The predicted octanol–water partition coefficient (Wildman–Crippen LogP) is 9.92. The van der Waals surface area contributed by atoms with Crippen molar-refractivity contribution in [2.24, 2.45) is 53.3 Å². The van der Waals surface area contributed by atoms with E-state index >= 15 is 0 Å². The Kier molecular flexibility index (Phi) is 21.9. The SMILES string of the molecule is CC(C)O[C@@H]1CC[C@@H]2O[C@@H]([C@@H](C)/C=C/I)[C@@H](C)[C@@H](C)[C@H]2O1.CC(C)O[C@@H]1CC[C@@H]2O[C@@H]([C@@H](C)C=O)[C@@H](C)[C@@H](C)[C@H]2O1.CC(C)O[C@@H]1CC[C@@H]2O[C@@H]([C@@H](C)CO)[C@@H](C)[C@@H](C)[C@H]2O1. The highest BCUT2D eigenvalue weighted by Crippen LogP contribution is 2.43. The van der Waals surface area contributed by atoms with Crippen LogP contribution in [0.5, 0.6) is 0 Å². The van der Waals surface area contributed by atoms with Gasteiger partial charge in [-0.25, -0.2) is 0 Å². The summed E-state index contributed by atoms with van der Waals surface area (Å²) in [5.74, 6) is 3.06. The molecule has 0 spiro atoms. The van der Waals surface area contributed by atoms with E-state index in [1.807, 2.05) is 34.6 Å². The van der Waals surface area contributed by atoms with Crippen molar-refractivity contribution in [3.8, 4) is 0 Å². The minimum atomic E-state index is -0.116. The van der Waals surface area contributed by atoms with Crippen LogP contribution < -0.4 is 0 Å². The predicted molar refractivity (Wildman–Crippen MR) is 247 cm³/mol. The Morgan fingerprint density at radius 2 is 0.836 bits per heavy atom. The van der Waals surface area contributed by atoms with Gasteiger partial charge in [-0.15, -0.1) is 0 Å². The number of aliphatic hydroxyl groups excluding tert-OH is 1. The molecule has 12 heteroatoms. The number of carbonyl (C=O) groups excluding carboxylic acids is 1. The molecule has 0 aromatic heterocycles. The van der Waals surface area contributed by atoms with Crippen LogP contribution in [0.15, 0.2) is 10.2 Å². The first-order valence-corrected chi connectivity index (χ1v) is 25.3. The Labute approximate surface area is 384 Å². The van der Waals surface area contributed by atoms with Crippen LogP contribution >= 0.6 is 22.6 Å². The molecule has 6 fully saturated rings. The van der Waals surface area contributed by atoms with Gasteiger partial charge in [0.2, 0.25) is 0 Å². The summed E-state index contributed by atoms with van der Waals surface area (Å²) in [5.41, 5.74) is 0. The molecule has 0 radical (unpaired) electrons. The maximum atomic E-state index is 11.1. The van der Waals surface area contributed by atoms with Crippen molar-refractivity contribution < 1.29 is 52.5 Å². The number of ether oxygens (including phenoxy) is 9. The van der Waals surface area contributed by atoms with Crippen LogP contribution in [-0.2, 0) is 47.4 Å². The van der Waals surface area contributed by atoms with E-state index in [-0.39, 0.29) is 104 Å². The molecular weight excluding hydrogens is 891 g/mol. The van der Waals surface area contributed by atoms with Gasteiger partial charge in [0.05, 0.1) is 73.2 Å². The summed E-state index contributed by atoms with van der Waals surface area (Å²) in [6, 6.07) is 0. The first-order chi connectivity index (χ1) is 28.8. The van der Waals surface area contributed by atoms with E-state index in [1.54, 1.807) is 0 Å². The maximum absolute atomic E-state index is 11.1. The van der Waals surface area contributed by atoms with Gasteiger partial charge < -0.3 is 52.5 Å². The number of aldehydes is 1. The normalized spacial score (nSPS) is 42.9. The smallest absolute Gasteiger partial charge is 0.158 e. The average Bonchev–Trinajstić information content (AvgIpc) is 3.21. The van der Waals surface area contributed by atoms with Crippen molar-refractivity contribution in [3.63, 3.8) is 0 Å². The fourth-order valence-electron chi connectivity index (χ4n) is 10.5. The third-order valence-corrected chi connectivity index (χ3v) is 14.8. The van der Waals surface area contributed by atoms with E-state index < -0.39 is 0 Å². The Bertz CT molecular complexity index is 1290. The van der Waals surface area contributed by atoms with Crippen molar-refractivity contribution in [2.45, 2.75) is 234 Å². The molecule has 6 rings (SSSR count). The lowest BCUT2D eigenvalue weighted by Gasteiger charge is -2.49. The van der Waals surface area contributed by atoms with E-state index in [2.05, 4.69) is 102 Å². The number of carbonyl (C=O) groups is 1. The summed E-state index contributed by atoms with van der Waals surface area (Å²) in [6.07, 6.45) is 10.5. The molecule has 0 aromatic carbocycles. The van der Waals surface area contributed by atoms with Gasteiger partial charge in [0, 0.05) is 43.6 Å². The zero-order valence-electron chi connectivity index (χ0n) is 40.4. The lowest BCUT2D eigenvalue weighted by atomic mass is 9.76. The van der Waals surface area contributed by atoms with Gasteiger partial charge in [0.1, 0.15) is 6.29 Å². The van der Waals surface area contributed by atoms with Gasteiger partial charge in [0.25, 0.3) is 0 Å². The highest BCUT2D eigenvalue weighted by Gasteiger charge is 2.49. The molecule has 1 N–H and O–H groups in total. The number of aliphatic hydroxyl groups is 1. The minimum absolute atomic E-state index is 0.00918. The minimum Gasteiger partial charge on any atom is -0.396 e. The van der Waals surface area contributed by atoms with Crippen LogP contribution in [0.2, 0.25) is 0 Å². The molecule has 0 saturated carbocycles. The molecule has 6 aliphatic heterocycles. The number of hydrogen-bond donors (Lipinski definition) is 1. The second-order valence-corrected chi connectivity index (χ2v) is 21.0. The van der Waals surface area contributed by atoms with Crippen LogP contribution in [0.25, 0.3) is 0 Å². The van der Waals surface area contributed by atoms with Crippen LogP contribution in [0.1, 0.15) is 142 Å². The fourth-order valence-corrected chi connectivity index (χ4v) is 11.1. The summed E-state index contributed by atoms with van der Waals surface area (Å²) >= 11 is 2.28. The van der Waals surface area contributed by atoms with Gasteiger partial charge in [0.15, 0.2) is 18.9 Å². The molecule has 6 heterocycles. The molecule has 6 saturated heterocycles. The quantitative estimate of drug-likeness (QED) is 0.149. The zero-order valence-corrected chi connectivity index (χ0v) is 42.6. The van der Waals surface area contributed by atoms with Crippen LogP contribution in [0, 0.1) is 53.3 Å². The first-order valence-electron chi connectivity index (χ1n) is 24.0. The molecular formula is C49H87IO11. The molecule has 61 heavy (non-hydrogen) atoms. The van der Waals surface area contributed by atoms with Gasteiger partial charge in [-0.3, -0.25) is 0 Å². The Balaban J connectivity index is 0.000000202. The summed E-state index contributed by atoms with van der Waals surface area (Å²) in [5, 5.41) is 9.40. The largest absolute Gasteiger partial charge is 0.396 e. The van der Waals surface area contributed by atoms with E-state index in [0.717, 1.165) is 44.8 Å². The van der Waals surface area contributed by atoms with Crippen molar-refractivity contribution in [1.82, 2.24) is 0 Å². The highest BCUT2D eigenvalue weighted by atomic mass is 127. The van der Waals surface area contributed by atoms with Crippen LogP contribution in [0.3, 0.4) is 0 Å². The Morgan fingerprint density at radius 3 is 1.15 bits per heavy atom. The number of fused-ring (bicyclic) bond motifs is 3.